The van der Waals surface area contributed by atoms with Gasteiger partial charge < -0.3 is 10.2 Å². The number of carboxylic acid groups (broad SMARTS) is 1. The van der Waals surface area contributed by atoms with Crippen molar-refractivity contribution in [1.82, 2.24) is 4.31 Å². The van der Waals surface area contributed by atoms with Gasteiger partial charge in [0.15, 0.2) is 0 Å². The summed E-state index contributed by atoms with van der Waals surface area (Å²) in [5.74, 6) is -1.29. The monoisotopic (exact) mass is 435 g/mol. The van der Waals surface area contributed by atoms with E-state index in [1.54, 1.807) is 30.3 Å². The molecule has 0 spiro atoms. The van der Waals surface area contributed by atoms with Crippen LogP contribution in [0.2, 0.25) is 0 Å². The molecule has 30 heavy (non-hydrogen) atoms. The zero-order valence-electron chi connectivity index (χ0n) is 16.6. The van der Waals surface area contributed by atoms with Gasteiger partial charge in [-0.2, -0.15) is 0 Å². The molecule has 3 rings (SSSR count). The Bertz CT molecular complexity index is 963. The van der Waals surface area contributed by atoms with Crippen molar-refractivity contribution in [1.29, 1.82) is 0 Å². The van der Waals surface area contributed by atoms with Crippen LogP contribution >= 0.6 is 0 Å². The summed E-state index contributed by atoms with van der Waals surface area (Å²) in [5.41, 5.74) is 1.29. The quantitative estimate of drug-likeness (QED) is 0.677. The van der Waals surface area contributed by atoms with Crippen LogP contribution in [0.5, 0.6) is 5.75 Å². The molecular formula is C22H26FNO5S. The number of piperidine rings is 1. The van der Waals surface area contributed by atoms with Gasteiger partial charge in [-0.25, -0.2) is 17.1 Å². The molecule has 1 fully saturated rings. The normalized spacial score (nSPS) is 16.9. The van der Waals surface area contributed by atoms with Gasteiger partial charge >= 0.3 is 5.97 Å². The largest absolute Gasteiger partial charge is 0.508 e. The Labute approximate surface area is 176 Å². The lowest BCUT2D eigenvalue weighted by Gasteiger charge is -2.32. The number of aliphatic carboxylic acids is 1. The molecule has 2 N–H and O–H groups in total. The van der Waals surface area contributed by atoms with Crippen molar-refractivity contribution in [2.45, 2.75) is 25.2 Å². The lowest BCUT2D eigenvalue weighted by atomic mass is 9.90. The average Bonchev–Trinajstić information content (AvgIpc) is 2.68. The molecule has 1 unspecified atom stereocenters. The van der Waals surface area contributed by atoms with Crippen molar-refractivity contribution in [2.75, 3.05) is 18.8 Å². The summed E-state index contributed by atoms with van der Waals surface area (Å²) in [4.78, 5) is 10.8. The molecule has 6 nitrogen and oxygen atoms in total. The highest BCUT2D eigenvalue weighted by atomic mass is 32.2. The summed E-state index contributed by atoms with van der Waals surface area (Å²) >= 11 is 0. The number of hydrogen-bond acceptors (Lipinski definition) is 4. The second-order valence-electron chi connectivity index (χ2n) is 7.06. The Morgan fingerprint density at radius 2 is 1.93 bits per heavy atom. The standard InChI is InChI=1S/C16H21NO5S.C6H5F/c1-2-6-23(21,22)17-5-3-4-13(11-17)14-7-12(9-16(19)20)8-15(18)10-14;7-6-4-2-1-3-5-6/h2,7-8,10,13,18H,1,3-6,9,11H2,(H,19,20);1-5H. The maximum Gasteiger partial charge on any atom is 0.307 e. The highest BCUT2D eigenvalue weighted by Crippen LogP contribution is 2.31. The lowest BCUT2D eigenvalue weighted by Crippen LogP contribution is -2.40. The van der Waals surface area contributed by atoms with E-state index in [0.717, 1.165) is 18.4 Å². The first-order valence-corrected chi connectivity index (χ1v) is 11.2. The smallest absolute Gasteiger partial charge is 0.307 e. The average molecular weight is 436 g/mol. The third-order valence-electron chi connectivity index (χ3n) is 4.67. The second kappa shape index (κ2) is 10.9. The number of phenols is 1. The van der Waals surface area contributed by atoms with Crippen LogP contribution in [-0.2, 0) is 21.2 Å². The van der Waals surface area contributed by atoms with Crippen LogP contribution in [0.25, 0.3) is 0 Å². The van der Waals surface area contributed by atoms with E-state index in [1.165, 1.54) is 28.6 Å². The van der Waals surface area contributed by atoms with Gasteiger partial charge in [0.05, 0.1) is 12.2 Å². The van der Waals surface area contributed by atoms with Crippen LogP contribution in [0.4, 0.5) is 4.39 Å². The van der Waals surface area contributed by atoms with Crippen molar-refractivity contribution in [2.24, 2.45) is 0 Å². The molecule has 1 heterocycles. The van der Waals surface area contributed by atoms with Gasteiger partial charge in [0.25, 0.3) is 0 Å². The van der Waals surface area contributed by atoms with Crippen molar-refractivity contribution in [3.8, 4) is 5.75 Å². The number of carboxylic acids is 1. The van der Waals surface area contributed by atoms with Gasteiger partial charge in [0, 0.05) is 13.1 Å². The minimum Gasteiger partial charge on any atom is -0.508 e. The van der Waals surface area contributed by atoms with Crippen molar-refractivity contribution < 1.29 is 27.8 Å². The van der Waals surface area contributed by atoms with Gasteiger partial charge in [0.2, 0.25) is 10.0 Å². The van der Waals surface area contributed by atoms with E-state index in [9.17, 15) is 22.7 Å². The van der Waals surface area contributed by atoms with Crippen molar-refractivity contribution in [3.05, 3.63) is 78.1 Å². The molecule has 0 amide bonds. The minimum absolute atomic E-state index is 0.00446. The van der Waals surface area contributed by atoms with E-state index in [2.05, 4.69) is 6.58 Å². The minimum atomic E-state index is -3.35. The Morgan fingerprint density at radius 1 is 1.23 bits per heavy atom. The van der Waals surface area contributed by atoms with Gasteiger partial charge in [-0.1, -0.05) is 30.3 Å². The first-order valence-electron chi connectivity index (χ1n) is 9.55. The van der Waals surface area contributed by atoms with Gasteiger partial charge in [-0.15, -0.1) is 6.58 Å². The van der Waals surface area contributed by atoms with Crippen LogP contribution in [0, 0.1) is 5.82 Å². The Hall–Kier alpha value is -2.71. The van der Waals surface area contributed by atoms with Crippen LogP contribution in [0.3, 0.4) is 0 Å². The van der Waals surface area contributed by atoms with Gasteiger partial charge in [-0.05, 0) is 54.2 Å². The molecule has 2 aromatic carbocycles. The molecule has 0 aliphatic carbocycles. The molecule has 1 saturated heterocycles. The molecule has 2 aromatic rings. The van der Waals surface area contributed by atoms with E-state index in [4.69, 9.17) is 5.11 Å². The molecule has 1 aliphatic rings. The SMILES string of the molecule is C=CCS(=O)(=O)N1CCCC(c2cc(O)cc(CC(=O)O)c2)C1.Fc1ccccc1. The molecule has 0 aromatic heterocycles. The number of carbonyl (C=O) groups is 1. The number of hydrogen-bond donors (Lipinski definition) is 2. The summed E-state index contributed by atoms with van der Waals surface area (Å²) in [6.45, 7) is 4.29. The number of benzene rings is 2. The molecule has 8 heteroatoms. The summed E-state index contributed by atoms with van der Waals surface area (Å²) in [6, 6.07) is 12.7. The second-order valence-corrected chi connectivity index (χ2v) is 9.08. The number of phenolic OH excluding ortho intramolecular Hbond substituents is 1. The van der Waals surface area contributed by atoms with Crippen LogP contribution in [0.15, 0.2) is 61.2 Å². The maximum absolute atomic E-state index is 12.2. The fourth-order valence-corrected chi connectivity index (χ4v) is 4.67. The molecule has 0 bridgehead atoms. The van der Waals surface area contributed by atoms with Crippen molar-refractivity contribution >= 4 is 16.0 Å². The molecular weight excluding hydrogens is 409 g/mol. The zero-order valence-corrected chi connectivity index (χ0v) is 17.4. The first kappa shape index (κ1) is 23.6. The number of aromatic hydroxyl groups is 1. The van der Waals surface area contributed by atoms with Gasteiger partial charge in [-0.3, -0.25) is 4.79 Å². The summed E-state index contributed by atoms with van der Waals surface area (Å²) in [6.07, 6.45) is 2.73. The first-order chi connectivity index (χ1) is 14.2. The van der Waals surface area contributed by atoms with E-state index in [-0.39, 0.29) is 29.7 Å². The van der Waals surface area contributed by atoms with E-state index in [1.807, 2.05) is 0 Å². The van der Waals surface area contributed by atoms with Crippen LogP contribution in [0.1, 0.15) is 29.9 Å². The highest BCUT2D eigenvalue weighted by molar-refractivity contribution is 7.89. The van der Waals surface area contributed by atoms with Crippen LogP contribution in [-0.4, -0.2) is 47.7 Å². The highest BCUT2D eigenvalue weighted by Gasteiger charge is 2.29. The third kappa shape index (κ3) is 7.27. The fraction of sp³-hybridized carbons (Fsp3) is 0.318. The summed E-state index contributed by atoms with van der Waals surface area (Å²) < 4.78 is 37.7. The number of nitrogens with zero attached hydrogens (tertiary/aromatic N) is 1. The number of sulfonamides is 1. The maximum atomic E-state index is 12.2. The Kier molecular flexibility index (Phi) is 8.56. The Morgan fingerprint density at radius 3 is 2.50 bits per heavy atom. The molecule has 1 aliphatic heterocycles. The Balaban J connectivity index is 0.000000386. The number of halogens is 1. The zero-order chi connectivity index (χ0) is 22.1. The molecule has 1 atom stereocenters. The predicted octanol–water partition coefficient (Wildman–Crippen LogP) is 3.54. The molecule has 0 saturated carbocycles. The van der Waals surface area contributed by atoms with Gasteiger partial charge in [0.1, 0.15) is 11.6 Å². The van der Waals surface area contributed by atoms with E-state index in [0.29, 0.717) is 18.7 Å². The summed E-state index contributed by atoms with van der Waals surface area (Å²) in [7, 11) is -3.35. The predicted molar refractivity (Wildman–Crippen MR) is 113 cm³/mol. The number of rotatable bonds is 6. The van der Waals surface area contributed by atoms with E-state index >= 15 is 0 Å². The third-order valence-corrected chi connectivity index (χ3v) is 6.44. The van der Waals surface area contributed by atoms with Crippen molar-refractivity contribution in [3.63, 3.8) is 0 Å². The fourth-order valence-electron chi connectivity index (χ4n) is 3.35. The molecule has 162 valence electrons. The molecule has 0 radical (unpaired) electrons. The lowest BCUT2D eigenvalue weighted by molar-refractivity contribution is -0.136. The van der Waals surface area contributed by atoms with Crippen LogP contribution < -0.4 is 0 Å². The summed E-state index contributed by atoms with van der Waals surface area (Å²) in [5, 5.41) is 18.7. The topological polar surface area (TPSA) is 94.9 Å². The van der Waals surface area contributed by atoms with E-state index < -0.39 is 16.0 Å².